The van der Waals surface area contributed by atoms with Gasteiger partial charge in [0.1, 0.15) is 0 Å². The molecule has 0 spiro atoms. The Labute approximate surface area is 109 Å². The maximum absolute atomic E-state index is 5.46. The van der Waals surface area contributed by atoms with Crippen molar-refractivity contribution >= 4 is 5.69 Å². The smallest absolute Gasteiger partial charge is 0.0485 e. The minimum atomic E-state index is 0.516. The second-order valence-corrected chi connectivity index (χ2v) is 6.92. The molecule has 0 aliphatic heterocycles. The highest BCUT2D eigenvalue weighted by molar-refractivity contribution is 5.45. The number of hydrogen-bond donors (Lipinski definition) is 2. The zero-order valence-corrected chi connectivity index (χ0v) is 10.9. The fourth-order valence-electron chi connectivity index (χ4n) is 5.38. The Morgan fingerprint density at radius 2 is 1.39 bits per heavy atom. The first kappa shape index (κ1) is 10.9. The fraction of sp³-hybridized carbons (Fsp3) is 0.625. The highest BCUT2D eigenvalue weighted by Gasteiger charge is 2.51. The molecule has 1 aromatic rings. The molecule has 4 fully saturated rings. The largest absolute Gasteiger partial charge is 0.324 e. The lowest BCUT2D eigenvalue weighted by Crippen LogP contribution is -2.48. The minimum Gasteiger partial charge on any atom is -0.324 e. The molecule has 3 N–H and O–H groups in total. The van der Waals surface area contributed by atoms with Gasteiger partial charge in [-0.15, -0.1) is 0 Å². The normalized spacial score (nSPS) is 41.1. The van der Waals surface area contributed by atoms with E-state index in [0.717, 1.165) is 23.4 Å². The van der Waals surface area contributed by atoms with Crippen molar-refractivity contribution < 1.29 is 0 Å². The van der Waals surface area contributed by atoms with E-state index >= 15 is 0 Å². The van der Waals surface area contributed by atoms with Crippen LogP contribution in [0, 0.1) is 17.8 Å². The zero-order chi connectivity index (χ0) is 12.2. The number of benzene rings is 1. The van der Waals surface area contributed by atoms with Gasteiger partial charge in [-0.25, -0.2) is 0 Å². The summed E-state index contributed by atoms with van der Waals surface area (Å²) >= 11 is 0. The van der Waals surface area contributed by atoms with Gasteiger partial charge in [0.2, 0.25) is 0 Å². The van der Waals surface area contributed by atoms with Gasteiger partial charge in [-0.1, -0.05) is 12.1 Å². The third-order valence-electron chi connectivity index (χ3n) is 5.70. The van der Waals surface area contributed by atoms with Crippen LogP contribution in [0.1, 0.15) is 44.1 Å². The second-order valence-electron chi connectivity index (χ2n) is 6.92. The zero-order valence-electron chi connectivity index (χ0n) is 10.9. The van der Waals surface area contributed by atoms with Gasteiger partial charge in [0.15, 0.2) is 0 Å². The Morgan fingerprint density at radius 1 is 0.889 bits per heavy atom. The van der Waals surface area contributed by atoms with Crippen LogP contribution in [0.3, 0.4) is 0 Å². The first-order valence-electron chi connectivity index (χ1n) is 7.34. The second kappa shape index (κ2) is 3.74. The minimum absolute atomic E-state index is 0.516. The standard InChI is InChI=1S/C16H22N2/c17-18-15-3-1-14(2-4-15)16-8-11-5-12(9-16)7-13(6-11)10-16/h1-4,11-13,18H,5-10,17H2. The molecule has 2 heteroatoms. The first-order chi connectivity index (χ1) is 8.77. The molecule has 1 aromatic carbocycles. The molecule has 5 rings (SSSR count). The molecule has 2 nitrogen and oxygen atoms in total. The van der Waals surface area contributed by atoms with Gasteiger partial charge in [-0.3, -0.25) is 5.84 Å². The number of rotatable bonds is 2. The molecule has 0 aromatic heterocycles. The van der Waals surface area contributed by atoms with Gasteiger partial charge in [-0.05, 0) is 79.4 Å². The molecule has 0 radical (unpaired) electrons. The van der Waals surface area contributed by atoms with E-state index in [1.165, 1.54) is 38.5 Å². The van der Waals surface area contributed by atoms with E-state index in [2.05, 4.69) is 29.7 Å². The molecule has 0 atom stereocenters. The van der Waals surface area contributed by atoms with Crippen LogP contribution in [0.5, 0.6) is 0 Å². The third-order valence-corrected chi connectivity index (χ3v) is 5.70. The summed E-state index contributed by atoms with van der Waals surface area (Å²) in [5, 5.41) is 0. The monoisotopic (exact) mass is 242 g/mol. The highest BCUT2D eigenvalue weighted by Crippen LogP contribution is 2.60. The highest BCUT2D eigenvalue weighted by atomic mass is 15.2. The quantitative estimate of drug-likeness (QED) is 0.616. The number of nitrogens with one attached hydrogen (secondary N) is 1. The van der Waals surface area contributed by atoms with E-state index in [9.17, 15) is 0 Å². The van der Waals surface area contributed by atoms with Crippen LogP contribution >= 0.6 is 0 Å². The van der Waals surface area contributed by atoms with E-state index < -0.39 is 0 Å². The average Bonchev–Trinajstić information content (AvgIpc) is 2.37. The van der Waals surface area contributed by atoms with E-state index in [0.29, 0.717) is 5.41 Å². The lowest BCUT2D eigenvalue weighted by molar-refractivity contribution is -0.00518. The van der Waals surface area contributed by atoms with Gasteiger partial charge in [0.25, 0.3) is 0 Å². The number of nitrogen functional groups attached to an aromatic ring is 1. The molecule has 18 heavy (non-hydrogen) atoms. The molecule has 4 bridgehead atoms. The Hall–Kier alpha value is -1.02. The van der Waals surface area contributed by atoms with Gasteiger partial charge < -0.3 is 5.43 Å². The first-order valence-corrected chi connectivity index (χ1v) is 7.34. The number of nitrogens with two attached hydrogens (primary N) is 1. The Bertz CT molecular complexity index is 413. The predicted octanol–water partition coefficient (Wildman–Crippen LogP) is 3.44. The Morgan fingerprint density at radius 3 is 1.83 bits per heavy atom. The third kappa shape index (κ3) is 1.51. The molecular weight excluding hydrogens is 220 g/mol. The lowest BCUT2D eigenvalue weighted by Gasteiger charge is -2.57. The van der Waals surface area contributed by atoms with Crippen LogP contribution in [0.2, 0.25) is 0 Å². The van der Waals surface area contributed by atoms with Gasteiger partial charge >= 0.3 is 0 Å². The van der Waals surface area contributed by atoms with Crippen LogP contribution in [0.25, 0.3) is 0 Å². The molecule has 0 heterocycles. The lowest BCUT2D eigenvalue weighted by atomic mass is 9.48. The van der Waals surface area contributed by atoms with Crippen LogP contribution in [-0.2, 0) is 5.41 Å². The van der Waals surface area contributed by atoms with Crippen molar-refractivity contribution in [2.45, 2.75) is 43.9 Å². The van der Waals surface area contributed by atoms with Crippen LogP contribution < -0.4 is 11.3 Å². The Balaban J connectivity index is 1.70. The molecule has 4 aliphatic rings. The van der Waals surface area contributed by atoms with Crippen molar-refractivity contribution in [2.75, 3.05) is 5.43 Å². The topological polar surface area (TPSA) is 38.0 Å². The van der Waals surface area contributed by atoms with Crippen molar-refractivity contribution in [3.05, 3.63) is 29.8 Å². The van der Waals surface area contributed by atoms with Gasteiger partial charge in [0.05, 0.1) is 0 Å². The molecule has 4 aliphatic carbocycles. The van der Waals surface area contributed by atoms with Crippen molar-refractivity contribution in [1.82, 2.24) is 0 Å². The van der Waals surface area contributed by atoms with Crippen LogP contribution in [-0.4, -0.2) is 0 Å². The maximum atomic E-state index is 5.46. The molecule has 4 saturated carbocycles. The summed E-state index contributed by atoms with van der Waals surface area (Å²) in [5.41, 5.74) is 5.83. The Kier molecular flexibility index (Phi) is 2.25. The van der Waals surface area contributed by atoms with Gasteiger partial charge in [0, 0.05) is 5.69 Å². The van der Waals surface area contributed by atoms with Crippen molar-refractivity contribution in [3.8, 4) is 0 Å². The van der Waals surface area contributed by atoms with Crippen LogP contribution in [0.15, 0.2) is 24.3 Å². The molecular formula is C16H22N2. The van der Waals surface area contributed by atoms with Crippen molar-refractivity contribution in [2.24, 2.45) is 23.6 Å². The number of hydrogen-bond acceptors (Lipinski definition) is 2. The summed E-state index contributed by atoms with van der Waals surface area (Å²) in [6.45, 7) is 0. The summed E-state index contributed by atoms with van der Waals surface area (Å²) in [6, 6.07) is 8.88. The van der Waals surface area contributed by atoms with Crippen molar-refractivity contribution in [1.29, 1.82) is 0 Å². The fourth-order valence-corrected chi connectivity index (χ4v) is 5.38. The average molecular weight is 242 g/mol. The number of anilines is 1. The summed E-state index contributed by atoms with van der Waals surface area (Å²) in [5.74, 6) is 8.51. The van der Waals surface area contributed by atoms with Crippen LogP contribution in [0.4, 0.5) is 5.69 Å². The van der Waals surface area contributed by atoms with E-state index in [1.54, 1.807) is 5.56 Å². The van der Waals surface area contributed by atoms with Gasteiger partial charge in [-0.2, -0.15) is 0 Å². The SMILES string of the molecule is NNc1ccc(C23CC4CC(CC(C4)C2)C3)cc1. The number of hydrazine groups is 1. The van der Waals surface area contributed by atoms with E-state index in [-0.39, 0.29) is 0 Å². The summed E-state index contributed by atoms with van der Waals surface area (Å²) < 4.78 is 0. The van der Waals surface area contributed by atoms with E-state index in [4.69, 9.17) is 5.84 Å². The molecule has 96 valence electrons. The summed E-state index contributed by atoms with van der Waals surface area (Å²) in [6.07, 6.45) is 8.86. The van der Waals surface area contributed by atoms with Crippen molar-refractivity contribution in [3.63, 3.8) is 0 Å². The molecule has 0 unspecified atom stereocenters. The summed E-state index contributed by atoms with van der Waals surface area (Å²) in [4.78, 5) is 0. The van der Waals surface area contributed by atoms with E-state index in [1.807, 2.05) is 0 Å². The predicted molar refractivity (Wildman–Crippen MR) is 74.1 cm³/mol. The molecule has 0 amide bonds. The maximum Gasteiger partial charge on any atom is 0.0485 e. The summed E-state index contributed by atoms with van der Waals surface area (Å²) in [7, 11) is 0. The molecule has 0 saturated heterocycles.